The highest BCUT2D eigenvalue weighted by Gasteiger charge is 2.23. The van der Waals surface area contributed by atoms with E-state index in [2.05, 4.69) is 10.3 Å². The van der Waals surface area contributed by atoms with E-state index in [1.807, 2.05) is 0 Å². The van der Waals surface area contributed by atoms with Crippen LogP contribution < -0.4 is 10.2 Å². The van der Waals surface area contributed by atoms with Crippen LogP contribution in [0.3, 0.4) is 0 Å². The van der Waals surface area contributed by atoms with Crippen molar-refractivity contribution in [3.05, 3.63) is 72.8 Å². The Morgan fingerprint density at radius 1 is 1.07 bits per heavy atom. The normalized spacial score (nSPS) is 14.2. The van der Waals surface area contributed by atoms with E-state index >= 15 is 0 Å². The molecule has 2 amide bonds. The molecule has 1 aromatic carbocycles. The number of nitrogens with zero attached hydrogens (tertiary/aromatic N) is 3. The highest BCUT2D eigenvalue weighted by Crippen LogP contribution is 2.24. The van der Waals surface area contributed by atoms with Gasteiger partial charge in [0.2, 0.25) is 5.91 Å². The molecule has 8 nitrogen and oxygen atoms in total. The molecule has 148 valence electrons. The number of hydrogen-bond donors (Lipinski definition) is 1. The van der Waals surface area contributed by atoms with Gasteiger partial charge in [0, 0.05) is 37.2 Å². The molecule has 4 rings (SSSR count). The third kappa shape index (κ3) is 3.77. The molecule has 3 heterocycles. The number of aromatic nitrogens is 2. The molecular formula is C20H18N4O4S. The minimum Gasteiger partial charge on any atom is -0.319 e. The lowest BCUT2D eigenvalue weighted by atomic mass is 10.3. The number of pyridine rings is 1. The van der Waals surface area contributed by atoms with Gasteiger partial charge in [-0.25, -0.2) is 12.4 Å². The van der Waals surface area contributed by atoms with Crippen LogP contribution in [0.2, 0.25) is 0 Å². The van der Waals surface area contributed by atoms with Crippen LogP contribution in [-0.4, -0.2) is 35.7 Å². The van der Waals surface area contributed by atoms with Crippen LogP contribution in [0, 0.1) is 0 Å². The predicted octanol–water partition coefficient (Wildman–Crippen LogP) is 2.50. The molecule has 0 atom stereocenters. The minimum atomic E-state index is -3.83. The van der Waals surface area contributed by atoms with Crippen molar-refractivity contribution >= 4 is 33.2 Å². The summed E-state index contributed by atoms with van der Waals surface area (Å²) in [4.78, 5) is 29.7. The Morgan fingerprint density at radius 2 is 1.86 bits per heavy atom. The molecule has 0 radical (unpaired) electrons. The van der Waals surface area contributed by atoms with Gasteiger partial charge in [0.25, 0.3) is 15.9 Å². The van der Waals surface area contributed by atoms with E-state index in [0.717, 1.165) is 10.4 Å². The van der Waals surface area contributed by atoms with Crippen molar-refractivity contribution in [3.63, 3.8) is 0 Å². The summed E-state index contributed by atoms with van der Waals surface area (Å²) in [5, 5.41) is 2.62. The molecule has 2 aromatic heterocycles. The van der Waals surface area contributed by atoms with E-state index in [1.54, 1.807) is 35.2 Å². The molecule has 1 N–H and O–H groups in total. The average molecular weight is 410 g/mol. The fourth-order valence-electron chi connectivity index (χ4n) is 3.13. The smallest absolute Gasteiger partial charge is 0.274 e. The Hall–Kier alpha value is -3.46. The van der Waals surface area contributed by atoms with Crippen LogP contribution in [0.25, 0.3) is 0 Å². The van der Waals surface area contributed by atoms with Crippen molar-refractivity contribution in [2.75, 3.05) is 16.8 Å². The number of amides is 2. The molecule has 0 bridgehead atoms. The van der Waals surface area contributed by atoms with Crippen LogP contribution in [0.5, 0.6) is 0 Å². The highest BCUT2D eigenvalue weighted by atomic mass is 32.2. The maximum atomic E-state index is 12.9. The molecule has 1 fully saturated rings. The van der Waals surface area contributed by atoms with Crippen molar-refractivity contribution in [1.82, 2.24) is 8.96 Å². The van der Waals surface area contributed by atoms with Crippen molar-refractivity contribution < 1.29 is 18.0 Å². The number of hydrogen-bond acceptors (Lipinski definition) is 5. The summed E-state index contributed by atoms with van der Waals surface area (Å²) >= 11 is 0. The fraction of sp³-hybridized carbons (Fsp3) is 0.150. The van der Waals surface area contributed by atoms with Crippen molar-refractivity contribution in [2.45, 2.75) is 17.7 Å². The SMILES string of the molecule is O=C(Nc1ccn(S(=O)(=O)c2ccc(N3CCCC3=O)cc2)c1)c1ccccn1. The van der Waals surface area contributed by atoms with Crippen LogP contribution in [0.4, 0.5) is 11.4 Å². The second kappa shape index (κ2) is 7.51. The summed E-state index contributed by atoms with van der Waals surface area (Å²) in [5.74, 6) is -0.389. The molecule has 3 aromatic rings. The molecule has 0 spiro atoms. The van der Waals surface area contributed by atoms with Gasteiger partial charge in [0.05, 0.1) is 10.6 Å². The Morgan fingerprint density at radius 3 is 2.52 bits per heavy atom. The van der Waals surface area contributed by atoms with Crippen LogP contribution in [0.15, 0.2) is 72.0 Å². The largest absolute Gasteiger partial charge is 0.319 e. The molecule has 0 saturated carbocycles. The Balaban J connectivity index is 1.52. The lowest BCUT2D eigenvalue weighted by molar-refractivity contribution is -0.117. The topological polar surface area (TPSA) is 101 Å². The van der Waals surface area contributed by atoms with Crippen molar-refractivity contribution in [3.8, 4) is 0 Å². The zero-order valence-corrected chi connectivity index (χ0v) is 16.2. The standard InChI is InChI=1S/C20H18N4O4S/c25-19-5-3-12-24(19)16-6-8-17(9-7-16)29(27,28)23-13-10-15(14-23)22-20(26)18-4-1-2-11-21-18/h1-2,4,6-11,13-14H,3,5,12H2,(H,22,26). The maximum Gasteiger partial charge on any atom is 0.274 e. The van der Waals surface area contributed by atoms with Crippen LogP contribution >= 0.6 is 0 Å². The molecular weight excluding hydrogens is 392 g/mol. The molecule has 0 unspecified atom stereocenters. The van der Waals surface area contributed by atoms with Crippen molar-refractivity contribution in [1.29, 1.82) is 0 Å². The van der Waals surface area contributed by atoms with Gasteiger partial charge >= 0.3 is 0 Å². The molecule has 1 saturated heterocycles. The molecule has 29 heavy (non-hydrogen) atoms. The number of carbonyl (C=O) groups is 2. The summed E-state index contributed by atoms with van der Waals surface area (Å²) in [7, 11) is -3.83. The molecule has 0 aliphatic carbocycles. The Bertz CT molecular complexity index is 1150. The van der Waals surface area contributed by atoms with E-state index in [-0.39, 0.29) is 16.5 Å². The number of carbonyl (C=O) groups excluding carboxylic acids is 2. The Kier molecular flexibility index (Phi) is 4.89. The zero-order valence-electron chi connectivity index (χ0n) is 15.4. The van der Waals surface area contributed by atoms with Crippen LogP contribution in [0.1, 0.15) is 23.3 Å². The summed E-state index contributed by atoms with van der Waals surface area (Å²) in [6.07, 6.45) is 5.50. The Labute approximate surface area is 167 Å². The first-order valence-electron chi connectivity index (χ1n) is 9.01. The van der Waals surface area contributed by atoms with Gasteiger partial charge < -0.3 is 10.2 Å². The number of rotatable bonds is 5. The lowest BCUT2D eigenvalue weighted by Crippen LogP contribution is -2.23. The number of anilines is 2. The quantitative estimate of drug-likeness (QED) is 0.696. The monoisotopic (exact) mass is 410 g/mol. The van der Waals surface area contributed by atoms with E-state index in [0.29, 0.717) is 24.3 Å². The summed E-state index contributed by atoms with van der Waals surface area (Å²) < 4.78 is 26.8. The molecule has 9 heteroatoms. The van der Waals surface area contributed by atoms with Gasteiger partial charge in [-0.15, -0.1) is 0 Å². The molecule has 1 aliphatic rings. The maximum absolute atomic E-state index is 12.9. The van der Waals surface area contributed by atoms with Gasteiger partial charge in [-0.2, -0.15) is 0 Å². The van der Waals surface area contributed by atoms with E-state index in [1.165, 1.54) is 36.8 Å². The van der Waals surface area contributed by atoms with E-state index in [4.69, 9.17) is 0 Å². The minimum absolute atomic E-state index is 0.0410. The van der Waals surface area contributed by atoms with Gasteiger partial charge in [-0.3, -0.25) is 14.6 Å². The van der Waals surface area contributed by atoms with Crippen molar-refractivity contribution in [2.24, 2.45) is 0 Å². The first kappa shape index (κ1) is 18.9. The lowest BCUT2D eigenvalue weighted by Gasteiger charge is -2.16. The summed E-state index contributed by atoms with van der Waals surface area (Å²) in [6.45, 7) is 0.641. The van der Waals surface area contributed by atoms with E-state index < -0.39 is 15.9 Å². The summed E-state index contributed by atoms with van der Waals surface area (Å²) in [6, 6.07) is 12.7. The second-order valence-corrected chi connectivity index (χ2v) is 8.39. The van der Waals surface area contributed by atoms with Gasteiger partial charge in [-0.1, -0.05) is 6.07 Å². The average Bonchev–Trinajstić information content (AvgIpc) is 3.38. The van der Waals surface area contributed by atoms with Crippen LogP contribution in [-0.2, 0) is 14.8 Å². The number of benzene rings is 1. The second-order valence-electron chi connectivity index (χ2n) is 6.55. The predicted molar refractivity (Wildman–Crippen MR) is 107 cm³/mol. The fourth-order valence-corrected chi connectivity index (χ4v) is 4.33. The first-order chi connectivity index (χ1) is 13.9. The first-order valence-corrected chi connectivity index (χ1v) is 10.5. The van der Waals surface area contributed by atoms with E-state index in [9.17, 15) is 18.0 Å². The van der Waals surface area contributed by atoms with Gasteiger partial charge in [-0.05, 0) is 48.9 Å². The third-order valence-electron chi connectivity index (χ3n) is 4.62. The summed E-state index contributed by atoms with van der Waals surface area (Å²) in [5.41, 5.74) is 1.25. The van der Waals surface area contributed by atoms with Gasteiger partial charge in [0.1, 0.15) is 5.69 Å². The van der Waals surface area contributed by atoms with Gasteiger partial charge in [0.15, 0.2) is 0 Å². The highest BCUT2D eigenvalue weighted by molar-refractivity contribution is 7.90. The zero-order chi connectivity index (χ0) is 20.4. The molecule has 1 aliphatic heterocycles. The number of nitrogens with one attached hydrogen (secondary N) is 1. The third-order valence-corrected chi connectivity index (χ3v) is 6.27.